The number of H-pyrrole nitrogens is 1. The average Bonchev–Trinajstić information content (AvgIpc) is 3.57. The van der Waals surface area contributed by atoms with Crippen LogP contribution in [0.1, 0.15) is 65.2 Å². The molecule has 0 aliphatic carbocycles. The number of hydrogen-bond donors (Lipinski definition) is 2. The predicted octanol–water partition coefficient (Wildman–Crippen LogP) is 2.38. The second kappa shape index (κ2) is 7.93. The first-order valence-electron chi connectivity index (χ1n) is 11.4. The molecule has 4 aromatic heterocycles. The second-order valence-corrected chi connectivity index (χ2v) is 9.10. The summed E-state index contributed by atoms with van der Waals surface area (Å²) in [6.45, 7) is 1.46. The third kappa shape index (κ3) is 3.35. The first-order valence-corrected chi connectivity index (χ1v) is 11.4. The van der Waals surface area contributed by atoms with Crippen LogP contribution in [0.4, 0.5) is 10.2 Å². The molecule has 2 aliphatic heterocycles. The summed E-state index contributed by atoms with van der Waals surface area (Å²) in [5.41, 5.74) is 8.89. The maximum absolute atomic E-state index is 13.9. The molecule has 0 radical (unpaired) electrons. The number of nitrogens with zero attached hydrogens (tertiary/aromatic N) is 7. The third-order valence-electron chi connectivity index (χ3n) is 7.05. The molecule has 0 saturated carbocycles. The fraction of sp³-hybridized carbons (Fsp3) is 0.348. The number of piperidine rings is 1. The molecule has 0 aromatic carbocycles. The molecule has 178 valence electrons. The van der Waals surface area contributed by atoms with E-state index in [1.807, 2.05) is 4.90 Å². The minimum Gasteiger partial charge on any atom is -0.383 e. The van der Waals surface area contributed by atoms with E-state index in [-0.39, 0.29) is 41.3 Å². The quantitative estimate of drug-likeness (QED) is 0.428. The summed E-state index contributed by atoms with van der Waals surface area (Å²) in [6.07, 6.45) is 8.60. The number of rotatable bonds is 4. The van der Waals surface area contributed by atoms with E-state index in [0.717, 1.165) is 19.0 Å². The van der Waals surface area contributed by atoms with Crippen molar-refractivity contribution in [3.63, 3.8) is 0 Å². The minimum absolute atomic E-state index is 0.00721. The van der Waals surface area contributed by atoms with Gasteiger partial charge in [-0.3, -0.25) is 14.6 Å². The highest BCUT2D eigenvalue weighted by Gasteiger charge is 2.45. The minimum atomic E-state index is -0.476. The van der Waals surface area contributed by atoms with Crippen molar-refractivity contribution in [3.8, 4) is 11.1 Å². The number of nitrogens with one attached hydrogen (secondary N) is 1. The maximum Gasteiger partial charge on any atom is 0.292 e. The highest BCUT2D eigenvalue weighted by molar-refractivity contribution is 6.00. The first-order chi connectivity index (χ1) is 16.9. The number of hydrogen-bond acceptors (Lipinski definition) is 8. The Morgan fingerprint density at radius 2 is 1.94 bits per heavy atom. The number of Topliss-reactive ketones (excluding diaryl/α,β-unsaturated/α-hetero) is 1. The molecule has 6 rings (SSSR count). The van der Waals surface area contributed by atoms with Crippen molar-refractivity contribution in [2.75, 3.05) is 5.73 Å². The third-order valence-corrected chi connectivity index (χ3v) is 7.05. The molecule has 0 unspecified atom stereocenters. The van der Waals surface area contributed by atoms with Gasteiger partial charge in [-0.15, -0.1) is 10.2 Å². The molecular weight excluding hydrogens is 453 g/mol. The molecule has 11 nitrogen and oxygen atoms in total. The van der Waals surface area contributed by atoms with E-state index in [0.29, 0.717) is 40.9 Å². The lowest BCUT2D eigenvalue weighted by molar-refractivity contribution is 0.0556. The molecule has 2 fully saturated rings. The van der Waals surface area contributed by atoms with E-state index in [9.17, 15) is 14.0 Å². The SMILES string of the molecule is CC(=O)c1c([C@H]2C[C@H]3CC[C@@H](C2)N3C(=O)c2nnc[nH]2)nc2c(-c3cncc(F)c3)cnn2c1N. The fourth-order valence-electron chi connectivity index (χ4n) is 5.62. The van der Waals surface area contributed by atoms with Crippen LogP contribution in [0.25, 0.3) is 16.8 Å². The van der Waals surface area contributed by atoms with Crippen molar-refractivity contribution >= 4 is 23.2 Å². The molecule has 4 aromatic rings. The Bertz CT molecular complexity index is 1450. The van der Waals surface area contributed by atoms with Crippen LogP contribution >= 0.6 is 0 Å². The lowest BCUT2D eigenvalue weighted by Crippen LogP contribution is -2.46. The van der Waals surface area contributed by atoms with Gasteiger partial charge >= 0.3 is 0 Å². The average molecular weight is 475 g/mol. The maximum atomic E-state index is 13.9. The number of halogens is 1. The summed E-state index contributed by atoms with van der Waals surface area (Å²) in [5.74, 6) is -0.507. The molecule has 1 amide bonds. The molecule has 2 saturated heterocycles. The summed E-state index contributed by atoms with van der Waals surface area (Å²) in [7, 11) is 0. The topological polar surface area (TPSA) is 148 Å². The van der Waals surface area contributed by atoms with Gasteiger partial charge in [0.1, 0.15) is 18.0 Å². The summed E-state index contributed by atoms with van der Waals surface area (Å²) >= 11 is 0. The van der Waals surface area contributed by atoms with Gasteiger partial charge < -0.3 is 15.6 Å². The Kier molecular flexibility index (Phi) is 4.83. The Balaban J connectivity index is 1.42. The number of nitrogen functional groups attached to an aromatic ring is 1. The van der Waals surface area contributed by atoms with E-state index >= 15 is 0 Å². The van der Waals surface area contributed by atoms with Crippen molar-refractivity contribution < 1.29 is 14.0 Å². The number of ketones is 1. The van der Waals surface area contributed by atoms with Crippen molar-refractivity contribution in [1.82, 2.24) is 39.7 Å². The van der Waals surface area contributed by atoms with Crippen molar-refractivity contribution in [2.24, 2.45) is 0 Å². The van der Waals surface area contributed by atoms with Crippen molar-refractivity contribution in [1.29, 1.82) is 0 Å². The van der Waals surface area contributed by atoms with Gasteiger partial charge in [0.25, 0.3) is 5.91 Å². The summed E-state index contributed by atoms with van der Waals surface area (Å²) in [4.78, 5) is 39.2. The number of pyridine rings is 1. The van der Waals surface area contributed by atoms with Gasteiger partial charge in [0, 0.05) is 35.3 Å². The number of amides is 1. The van der Waals surface area contributed by atoms with Crippen molar-refractivity contribution in [2.45, 2.75) is 50.6 Å². The second-order valence-electron chi connectivity index (χ2n) is 9.10. The van der Waals surface area contributed by atoms with Crippen LogP contribution in [0.15, 0.2) is 31.0 Å². The largest absolute Gasteiger partial charge is 0.383 e. The highest BCUT2D eigenvalue weighted by atomic mass is 19.1. The van der Waals surface area contributed by atoms with Gasteiger partial charge in [0.05, 0.1) is 23.7 Å². The molecule has 0 spiro atoms. The van der Waals surface area contributed by atoms with Crippen LogP contribution in [0.2, 0.25) is 0 Å². The molecule has 6 heterocycles. The zero-order chi connectivity index (χ0) is 24.3. The van der Waals surface area contributed by atoms with Crippen LogP contribution in [0, 0.1) is 5.82 Å². The molecule has 35 heavy (non-hydrogen) atoms. The molecule has 3 N–H and O–H groups in total. The number of fused-ring (bicyclic) bond motifs is 3. The zero-order valence-electron chi connectivity index (χ0n) is 18.8. The molecule has 3 atom stereocenters. The van der Waals surface area contributed by atoms with E-state index in [2.05, 4.69) is 25.3 Å². The number of carbonyl (C=O) groups is 2. The van der Waals surface area contributed by atoms with Gasteiger partial charge in [-0.25, -0.2) is 9.37 Å². The van der Waals surface area contributed by atoms with Gasteiger partial charge in [0.15, 0.2) is 11.4 Å². The van der Waals surface area contributed by atoms with E-state index in [1.165, 1.54) is 30.0 Å². The number of anilines is 1. The standard InChI is InChI=1S/C23H22FN9O2/c1-11(34)18-19(12-5-15-2-3-16(6-12)32(15)23(35)21-27-10-28-31-21)30-22-17(9-29-33(22)20(18)25)13-4-14(24)8-26-7-13/h4,7-10,12,15-16H,2-3,5-6,25H2,1H3,(H,27,28,31)/t12-,15+,16-. The zero-order valence-corrected chi connectivity index (χ0v) is 18.8. The molecular formula is C23H22FN9O2. The number of carbonyl (C=O) groups excluding carboxylic acids is 2. The molecule has 2 aliphatic rings. The first kappa shape index (κ1) is 21.3. The van der Waals surface area contributed by atoms with E-state index in [4.69, 9.17) is 10.7 Å². The lowest BCUT2D eigenvalue weighted by Gasteiger charge is -2.38. The summed E-state index contributed by atoms with van der Waals surface area (Å²) in [6, 6.07) is 1.34. The fourth-order valence-corrected chi connectivity index (χ4v) is 5.62. The van der Waals surface area contributed by atoms with Gasteiger partial charge in [-0.2, -0.15) is 9.61 Å². The van der Waals surface area contributed by atoms with Crippen LogP contribution in [-0.4, -0.2) is 63.4 Å². The van der Waals surface area contributed by atoms with Crippen molar-refractivity contribution in [3.05, 3.63) is 53.9 Å². The van der Waals surface area contributed by atoms with E-state index < -0.39 is 5.82 Å². The number of aromatic amines is 1. The van der Waals surface area contributed by atoms with Gasteiger partial charge in [-0.05, 0) is 38.7 Å². The summed E-state index contributed by atoms with van der Waals surface area (Å²) < 4.78 is 15.3. The Morgan fingerprint density at radius 3 is 2.60 bits per heavy atom. The van der Waals surface area contributed by atoms with Gasteiger partial charge in [-0.1, -0.05) is 0 Å². The smallest absolute Gasteiger partial charge is 0.292 e. The number of aromatic nitrogens is 7. The van der Waals surface area contributed by atoms with Crippen LogP contribution < -0.4 is 5.73 Å². The normalized spacial score (nSPS) is 21.5. The number of nitrogens with two attached hydrogens (primary N) is 1. The van der Waals surface area contributed by atoms with Gasteiger partial charge in [0.2, 0.25) is 5.82 Å². The Morgan fingerprint density at radius 1 is 1.17 bits per heavy atom. The van der Waals surface area contributed by atoms with Crippen LogP contribution in [-0.2, 0) is 0 Å². The molecule has 2 bridgehead atoms. The Hall–Kier alpha value is -4.22. The highest BCUT2D eigenvalue weighted by Crippen LogP contribution is 2.45. The Labute approximate surface area is 198 Å². The lowest BCUT2D eigenvalue weighted by atomic mass is 9.85. The predicted molar refractivity (Wildman–Crippen MR) is 122 cm³/mol. The van der Waals surface area contributed by atoms with Crippen LogP contribution in [0.3, 0.4) is 0 Å². The molecule has 12 heteroatoms. The van der Waals surface area contributed by atoms with E-state index in [1.54, 1.807) is 6.20 Å². The van der Waals surface area contributed by atoms with Crippen LogP contribution in [0.5, 0.6) is 0 Å². The monoisotopic (exact) mass is 475 g/mol. The summed E-state index contributed by atoms with van der Waals surface area (Å²) in [5, 5.41) is 11.9.